The minimum absolute atomic E-state index is 0.0244. The van der Waals surface area contributed by atoms with Gasteiger partial charge in [0.2, 0.25) is 0 Å². The van der Waals surface area contributed by atoms with Crippen molar-refractivity contribution in [1.82, 2.24) is 10.2 Å². The number of ether oxygens (including phenoxy) is 1. The molecular weight excluding hydrogens is 400 g/mol. The highest BCUT2D eigenvalue weighted by molar-refractivity contribution is 7.89. The third kappa shape index (κ3) is 6.31. The van der Waals surface area contributed by atoms with Gasteiger partial charge in [0, 0.05) is 18.4 Å². The average Bonchev–Trinajstić information content (AvgIpc) is 2.74. The van der Waals surface area contributed by atoms with Crippen molar-refractivity contribution in [3.05, 3.63) is 65.2 Å². The lowest BCUT2D eigenvalue weighted by atomic mass is 10.0. The second-order valence-corrected chi connectivity index (χ2v) is 10.0. The number of hydrogen-bond donors (Lipinski definition) is 1. The van der Waals surface area contributed by atoms with Crippen LogP contribution in [0.1, 0.15) is 46.8 Å². The van der Waals surface area contributed by atoms with Gasteiger partial charge in [-0.15, -0.1) is 0 Å². The zero-order chi connectivity index (χ0) is 21.6. The van der Waals surface area contributed by atoms with Gasteiger partial charge in [-0.3, -0.25) is 9.69 Å². The molecule has 0 saturated carbocycles. The molecule has 162 valence electrons. The number of methoxy groups -OCH3 is 1. The Labute approximate surface area is 179 Å². The van der Waals surface area contributed by atoms with Crippen molar-refractivity contribution in [2.24, 2.45) is 0 Å². The number of nitrogens with zero attached hydrogens (tertiary/aromatic N) is 1. The van der Waals surface area contributed by atoms with Gasteiger partial charge in [-0.05, 0) is 61.3 Å². The summed E-state index contributed by atoms with van der Waals surface area (Å²) in [7, 11) is -1.44. The number of carbonyl (C=O) groups excluding carboxylic acids is 1. The van der Waals surface area contributed by atoms with E-state index in [1.165, 1.54) is 25.5 Å². The molecule has 1 atom stereocenters. The number of hydrogen-bond acceptors (Lipinski definition) is 5. The molecule has 0 unspecified atom stereocenters. The summed E-state index contributed by atoms with van der Waals surface area (Å²) < 4.78 is 28.1. The molecule has 2 aromatic carbocycles. The van der Waals surface area contributed by atoms with Crippen LogP contribution in [0.5, 0.6) is 5.75 Å². The molecule has 1 fully saturated rings. The van der Waals surface area contributed by atoms with E-state index < -0.39 is 9.84 Å². The topological polar surface area (TPSA) is 75.7 Å². The van der Waals surface area contributed by atoms with Crippen molar-refractivity contribution in [3.63, 3.8) is 0 Å². The third-order valence-electron chi connectivity index (χ3n) is 5.43. The summed E-state index contributed by atoms with van der Waals surface area (Å²) in [6.45, 7) is 2.55. The monoisotopic (exact) mass is 430 g/mol. The molecule has 0 aliphatic carbocycles. The molecule has 3 rings (SSSR count). The van der Waals surface area contributed by atoms with Crippen molar-refractivity contribution in [1.29, 1.82) is 0 Å². The number of piperidine rings is 1. The molecule has 2 aromatic rings. The number of benzene rings is 2. The highest BCUT2D eigenvalue weighted by Crippen LogP contribution is 2.26. The minimum atomic E-state index is -3.09. The van der Waals surface area contributed by atoms with Gasteiger partial charge in [-0.25, -0.2) is 8.42 Å². The largest absolute Gasteiger partial charge is 0.497 e. The minimum Gasteiger partial charge on any atom is -0.497 e. The quantitative estimate of drug-likeness (QED) is 0.696. The molecule has 7 heteroatoms. The van der Waals surface area contributed by atoms with Crippen LogP contribution in [-0.2, 0) is 15.6 Å². The van der Waals surface area contributed by atoms with Gasteiger partial charge < -0.3 is 10.1 Å². The zero-order valence-electron chi connectivity index (χ0n) is 17.6. The predicted molar refractivity (Wildman–Crippen MR) is 118 cm³/mol. The summed E-state index contributed by atoms with van der Waals surface area (Å²) in [5, 5.41) is 3.06. The van der Waals surface area contributed by atoms with E-state index in [1.54, 1.807) is 31.4 Å². The summed E-state index contributed by atoms with van der Waals surface area (Å²) >= 11 is 0. The summed E-state index contributed by atoms with van der Waals surface area (Å²) in [6, 6.07) is 14.9. The number of amides is 1. The normalized spacial score (nSPS) is 16.1. The van der Waals surface area contributed by atoms with Crippen molar-refractivity contribution >= 4 is 15.7 Å². The number of nitrogens with one attached hydrogen (secondary N) is 1. The Hall–Kier alpha value is -2.38. The van der Waals surface area contributed by atoms with Crippen LogP contribution in [-0.4, -0.2) is 52.2 Å². The van der Waals surface area contributed by atoms with Crippen molar-refractivity contribution < 1.29 is 17.9 Å². The first-order valence-electron chi connectivity index (χ1n) is 10.3. The second-order valence-electron chi connectivity index (χ2n) is 7.86. The van der Waals surface area contributed by atoms with Gasteiger partial charge in [0.1, 0.15) is 5.75 Å². The molecule has 1 saturated heterocycles. The van der Waals surface area contributed by atoms with Crippen LogP contribution >= 0.6 is 0 Å². The van der Waals surface area contributed by atoms with Gasteiger partial charge in [-0.1, -0.05) is 30.7 Å². The second kappa shape index (κ2) is 10.1. The highest BCUT2D eigenvalue weighted by Gasteiger charge is 2.23. The van der Waals surface area contributed by atoms with Crippen molar-refractivity contribution in [2.45, 2.75) is 31.1 Å². The first-order valence-corrected chi connectivity index (χ1v) is 12.3. The molecule has 1 amide bonds. The molecule has 0 spiro atoms. The highest BCUT2D eigenvalue weighted by atomic mass is 32.2. The third-order valence-corrected chi connectivity index (χ3v) is 6.29. The van der Waals surface area contributed by atoms with Crippen LogP contribution in [0.2, 0.25) is 0 Å². The lowest BCUT2D eigenvalue weighted by Crippen LogP contribution is -2.40. The lowest BCUT2D eigenvalue weighted by Gasteiger charge is -2.35. The Balaban J connectivity index is 1.68. The van der Waals surface area contributed by atoms with E-state index >= 15 is 0 Å². The van der Waals surface area contributed by atoms with Crippen LogP contribution in [0.4, 0.5) is 0 Å². The maximum absolute atomic E-state index is 12.7. The maximum atomic E-state index is 12.7. The molecule has 1 N–H and O–H groups in total. The van der Waals surface area contributed by atoms with Gasteiger partial charge >= 0.3 is 0 Å². The van der Waals surface area contributed by atoms with Crippen LogP contribution < -0.4 is 10.1 Å². The van der Waals surface area contributed by atoms with Crippen molar-refractivity contribution in [3.8, 4) is 5.75 Å². The van der Waals surface area contributed by atoms with E-state index in [-0.39, 0.29) is 17.7 Å². The van der Waals surface area contributed by atoms with Crippen LogP contribution in [0.15, 0.2) is 48.5 Å². The summed E-state index contributed by atoms with van der Waals surface area (Å²) in [6.07, 6.45) is 4.79. The zero-order valence-corrected chi connectivity index (χ0v) is 18.5. The molecule has 1 aliphatic heterocycles. The molecule has 30 heavy (non-hydrogen) atoms. The molecule has 0 aromatic heterocycles. The first-order chi connectivity index (χ1) is 14.4. The van der Waals surface area contributed by atoms with Gasteiger partial charge in [0.15, 0.2) is 9.84 Å². The van der Waals surface area contributed by atoms with Crippen LogP contribution in [0, 0.1) is 0 Å². The number of carbonyl (C=O) groups is 1. The van der Waals surface area contributed by atoms with Gasteiger partial charge in [0.05, 0.1) is 18.9 Å². The van der Waals surface area contributed by atoms with Crippen LogP contribution in [0.25, 0.3) is 0 Å². The molecule has 0 radical (unpaired) electrons. The molecule has 1 aliphatic rings. The molecular formula is C23H30N2O4S. The number of rotatable bonds is 8. The Bertz CT molecular complexity index is 934. The summed E-state index contributed by atoms with van der Waals surface area (Å²) in [5.74, 6) is 0.634. The fourth-order valence-corrected chi connectivity index (χ4v) is 4.66. The van der Waals surface area contributed by atoms with E-state index in [0.717, 1.165) is 24.4 Å². The Kier molecular flexibility index (Phi) is 7.50. The smallest absolute Gasteiger partial charge is 0.251 e. The molecule has 6 nitrogen and oxygen atoms in total. The van der Waals surface area contributed by atoms with E-state index in [9.17, 15) is 13.2 Å². The number of sulfone groups is 1. The fourth-order valence-electron chi connectivity index (χ4n) is 3.86. The van der Waals surface area contributed by atoms with Gasteiger partial charge in [0.25, 0.3) is 5.91 Å². The van der Waals surface area contributed by atoms with E-state index in [4.69, 9.17) is 4.74 Å². The number of likely N-dealkylation sites (tertiary alicyclic amines) is 1. The summed E-state index contributed by atoms with van der Waals surface area (Å²) in [5.41, 5.74) is 2.36. The van der Waals surface area contributed by atoms with Crippen molar-refractivity contribution in [2.75, 3.05) is 33.0 Å². The average molecular weight is 431 g/mol. The fraction of sp³-hybridized carbons (Fsp3) is 0.435. The van der Waals surface area contributed by atoms with E-state index in [0.29, 0.717) is 17.7 Å². The Morgan fingerprint density at radius 3 is 2.23 bits per heavy atom. The standard InChI is InChI=1S/C23H30N2O4S/c1-29-21-12-10-19(11-13-21)22(25-14-4-3-5-15-25)16-24-23(26)20-8-6-18(7-9-20)17-30(2,27)28/h6-13,22H,3-5,14-17H2,1-2H3,(H,24,26)/t22-/m1/s1. The Morgan fingerprint density at radius 1 is 1.03 bits per heavy atom. The van der Waals surface area contributed by atoms with Gasteiger partial charge in [-0.2, -0.15) is 0 Å². The molecule has 1 heterocycles. The molecule has 0 bridgehead atoms. The van der Waals surface area contributed by atoms with E-state index in [1.807, 2.05) is 12.1 Å². The lowest BCUT2D eigenvalue weighted by molar-refractivity contribution is 0.0924. The maximum Gasteiger partial charge on any atom is 0.251 e. The SMILES string of the molecule is COc1ccc([C@@H](CNC(=O)c2ccc(CS(C)(=O)=O)cc2)N2CCCCC2)cc1. The van der Waals surface area contributed by atoms with Crippen LogP contribution in [0.3, 0.4) is 0 Å². The Morgan fingerprint density at radius 2 is 1.67 bits per heavy atom. The first kappa shape index (κ1) is 22.3. The predicted octanol–water partition coefficient (Wildman–Crippen LogP) is 3.20. The summed E-state index contributed by atoms with van der Waals surface area (Å²) in [4.78, 5) is 15.1. The van der Waals surface area contributed by atoms with E-state index in [2.05, 4.69) is 22.3 Å².